The van der Waals surface area contributed by atoms with Gasteiger partial charge in [0, 0.05) is 5.54 Å². The molecule has 2 heteroatoms. The molecule has 0 saturated heterocycles. The van der Waals surface area contributed by atoms with Gasteiger partial charge in [0.25, 0.3) is 0 Å². The SMILES string of the molecule is CC(C)(C)NC1=NCC=C1. The van der Waals surface area contributed by atoms with Crippen molar-refractivity contribution in [1.82, 2.24) is 5.32 Å². The van der Waals surface area contributed by atoms with Crippen LogP contribution >= 0.6 is 0 Å². The zero-order chi connectivity index (χ0) is 7.61. The van der Waals surface area contributed by atoms with Crippen LogP contribution in [-0.4, -0.2) is 17.9 Å². The lowest BCUT2D eigenvalue weighted by Gasteiger charge is -2.20. The van der Waals surface area contributed by atoms with Gasteiger partial charge in [-0.25, -0.2) is 0 Å². The fourth-order valence-electron chi connectivity index (χ4n) is 0.833. The lowest BCUT2D eigenvalue weighted by Crippen LogP contribution is -2.39. The summed E-state index contributed by atoms with van der Waals surface area (Å²) in [5, 5.41) is 3.28. The number of nitrogens with zero attached hydrogens (tertiary/aromatic N) is 1. The second kappa shape index (κ2) is 2.45. The minimum absolute atomic E-state index is 0.132. The Morgan fingerprint density at radius 3 is 2.60 bits per heavy atom. The van der Waals surface area contributed by atoms with Crippen LogP contribution in [0.25, 0.3) is 0 Å². The highest BCUT2D eigenvalue weighted by molar-refractivity contribution is 5.94. The molecule has 10 heavy (non-hydrogen) atoms. The molecule has 1 N–H and O–H groups in total. The van der Waals surface area contributed by atoms with E-state index in [1.807, 2.05) is 12.2 Å². The maximum Gasteiger partial charge on any atom is 0.121 e. The lowest BCUT2D eigenvalue weighted by molar-refractivity contribution is 0.513. The van der Waals surface area contributed by atoms with Crippen molar-refractivity contribution in [3.63, 3.8) is 0 Å². The van der Waals surface area contributed by atoms with Gasteiger partial charge in [0.1, 0.15) is 5.84 Å². The van der Waals surface area contributed by atoms with Crippen LogP contribution in [0.3, 0.4) is 0 Å². The number of aliphatic imine (C=N–C) groups is 1. The third-order valence-corrected chi connectivity index (χ3v) is 1.15. The Morgan fingerprint density at radius 1 is 1.50 bits per heavy atom. The molecule has 0 atom stereocenters. The molecular formula is C8H14N2. The smallest absolute Gasteiger partial charge is 0.121 e. The summed E-state index contributed by atoms with van der Waals surface area (Å²) in [4.78, 5) is 4.22. The van der Waals surface area contributed by atoms with Gasteiger partial charge in [0.05, 0.1) is 6.54 Å². The molecule has 56 valence electrons. The summed E-state index contributed by atoms with van der Waals surface area (Å²) < 4.78 is 0. The molecule has 1 aliphatic heterocycles. The van der Waals surface area contributed by atoms with Crippen molar-refractivity contribution in [2.75, 3.05) is 6.54 Å². The molecule has 0 fully saturated rings. The van der Waals surface area contributed by atoms with Gasteiger partial charge in [-0.05, 0) is 26.8 Å². The van der Waals surface area contributed by atoms with Crippen molar-refractivity contribution in [2.45, 2.75) is 26.3 Å². The summed E-state index contributed by atoms with van der Waals surface area (Å²) in [6.07, 6.45) is 4.07. The van der Waals surface area contributed by atoms with E-state index in [0.717, 1.165) is 12.4 Å². The number of nitrogens with one attached hydrogen (secondary N) is 1. The van der Waals surface area contributed by atoms with Crippen molar-refractivity contribution < 1.29 is 0 Å². The zero-order valence-corrected chi connectivity index (χ0v) is 6.81. The Hall–Kier alpha value is -0.790. The highest BCUT2D eigenvalue weighted by Crippen LogP contribution is 2.01. The molecule has 1 heterocycles. The van der Waals surface area contributed by atoms with Gasteiger partial charge in [0.15, 0.2) is 0 Å². The molecular weight excluding hydrogens is 124 g/mol. The first-order valence-electron chi connectivity index (χ1n) is 3.57. The number of rotatable bonds is 0. The molecule has 1 rings (SSSR count). The molecule has 0 aromatic rings. The van der Waals surface area contributed by atoms with Crippen LogP contribution in [0.1, 0.15) is 20.8 Å². The first-order valence-corrected chi connectivity index (χ1v) is 3.57. The summed E-state index contributed by atoms with van der Waals surface area (Å²) in [5.41, 5.74) is 0.132. The van der Waals surface area contributed by atoms with E-state index in [4.69, 9.17) is 0 Å². The summed E-state index contributed by atoms with van der Waals surface area (Å²) >= 11 is 0. The normalized spacial score (nSPS) is 17.3. The molecule has 0 unspecified atom stereocenters. The highest BCUT2D eigenvalue weighted by Gasteiger charge is 2.10. The van der Waals surface area contributed by atoms with E-state index < -0.39 is 0 Å². The van der Waals surface area contributed by atoms with E-state index in [2.05, 4.69) is 31.1 Å². The molecule has 0 aromatic carbocycles. The van der Waals surface area contributed by atoms with Gasteiger partial charge in [-0.3, -0.25) is 4.99 Å². The molecule has 0 saturated carbocycles. The third-order valence-electron chi connectivity index (χ3n) is 1.15. The summed E-state index contributed by atoms with van der Waals surface area (Å²) in [5.74, 6) is 1.01. The van der Waals surface area contributed by atoms with Crippen LogP contribution in [0.5, 0.6) is 0 Å². The Labute approximate surface area is 62.0 Å². The van der Waals surface area contributed by atoms with Crippen LogP contribution < -0.4 is 5.32 Å². The molecule has 2 nitrogen and oxygen atoms in total. The van der Waals surface area contributed by atoms with E-state index in [1.165, 1.54) is 0 Å². The lowest BCUT2D eigenvalue weighted by atomic mass is 10.1. The van der Waals surface area contributed by atoms with Crippen LogP contribution in [0.15, 0.2) is 17.1 Å². The van der Waals surface area contributed by atoms with Crippen LogP contribution in [-0.2, 0) is 0 Å². The van der Waals surface area contributed by atoms with Gasteiger partial charge in [-0.15, -0.1) is 0 Å². The van der Waals surface area contributed by atoms with E-state index in [0.29, 0.717) is 0 Å². The molecule has 0 amide bonds. The predicted octanol–water partition coefficient (Wildman–Crippen LogP) is 1.34. The standard InChI is InChI=1S/C8H14N2/c1-8(2,3)10-7-5-4-6-9-7/h4-5H,6H2,1-3H3,(H,9,10). The molecule has 0 aromatic heterocycles. The summed E-state index contributed by atoms with van der Waals surface area (Å²) in [6, 6.07) is 0. The minimum Gasteiger partial charge on any atom is -0.366 e. The van der Waals surface area contributed by atoms with Crippen molar-refractivity contribution in [3.8, 4) is 0 Å². The maximum absolute atomic E-state index is 4.22. The van der Waals surface area contributed by atoms with Gasteiger partial charge in [-0.2, -0.15) is 0 Å². The molecule has 0 aliphatic carbocycles. The second-order valence-corrected chi connectivity index (χ2v) is 3.50. The van der Waals surface area contributed by atoms with E-state index in [9.17, 15) is 0 Å². The monoisotopic (exact) mass is 138 g/mol. The topological polar surface area (TPSA) is 24.4 Å². The molecule has 0 bridgehead atoms. The van der Waals surface area contributed by atoms with Crippen molar-refractivity contribution in [3.05, 3.63) is 12.2 Å². The van der Waals surface area contributed by atoms with Gasteiger partial charge in [-0.1, -0.05) is 6.08 Å². The van der Waals surface area contributed by atoms with Gasteiger partial charge < -0.3 is 5.32 Å². The average Bonchev–Trinajstić information content (AvgIpc) is 2.12. The first-order chi connectivity index (χ1) is 4.58. The van der Waals surface area contributed by atoms with Crippen LogP contribution in [0.4, 0.5) is 0 Å². The fraction of sp³-hybridized carbons (Fsp3) is 0.625. The first kappa shape index (κ1) is 7.32. The Balaban J connectivity index is 2.46. The quantitative estimate of drug-likeness (QED) is 0.536. The highest BCUT2D eigenvalue weighted by atomic mass is 15.0. The fourth-order valence-corrected chi connectivity index (χ4v) is 0.833. The Morgan fingerprint density at radius 2 is 2.20 bits per heavy atom. The van der Waals surface area contributed by atoms with Crippen LogP contribution in [0.2, 0.25) is 0 Å². The van der Waals surface area contributed by atoms with E-state index in [1.54, 1.807) is 0 Å². The second-order valence-electron chi connectivity index (χ2n) is 3.50. The Bertz CT molecular complexity index is 172. The summed E-state index contributed by atoms with van der Waals surface area (Å²) in [6.45, 7) is 7.21. The maximum atomic E-state index is 4.22. The van der Waals surface area contributed by atoms with Gasteiger partial charge in [0.2, 0.25) is 0 Å². The number of hydrogen-bond donors (Lipinski definition) is 1. The minimum atomic E-state index is 0.132. The van der Waals surface area contributed by atoms with E-state index in [-0.39, 0.29) is 5.54 Å². The van der Waals surface area contributed by atoms with E-state index >= 15 is 0 Å². The van der Waals surface area contributed by atoms with Crippen molar-refractivity contribution in [2.24, 2.45) is 4.99 Å². The van der Waals surface area contributed by atoms with Crippen LogP contribution in [0, 0.1) is 0 Å². The van der Waals surface area contributed by atoms with Crippen molar-refractivity contribution >= 4 is 5.84 Å². The third kappa shape index (κ3) is 2.21. The predicted molar refractivity (Wildman–Crippen MR) is 44.3 cm³/mol. The number of hydrogen-bond acceptors (Lipinski definition) is 2. The largest absolute Gasteiger partial charge is 0.366 e. The summed E-state index contributed by atoms with van der Waals surface area (Å²) in [7, 11) is 0. The molecule has 0 radical (unpaired) electrons. The average molecular weight is 138 g/mol. The van der Waals surface area contributed by atoms with Gasteiger partial charge >= 0.3 is 0 Å². The zero-order valence-electron chi connectivity index (χ0n) is 6.81. The Kier molecular flexibility index (Phi) is 1.79. The number of amidine groups is 1. The molecule has 1 aliphatic rings. The molecule has 0 spiro atoms. The van der Waals surface area contributed by atoms with Crippen molar-refractivity contribution in [1.29, 1.82) is 0 Å².